The second-order valence-electron chi connectivity index (χ2n) is 3.84. The number of hydrogen-bond acceptors (Lipinski definition) is 2. The minimum absolute atomic E-state index is 0.0711. The molecule has 2 N–H and O–H groups in total. The fourth-order valence-electron chi connectivity index (χ4n) is 1.77. The van der Waals surface area contributed by atoms with Crippen LogP contribution in [0.3, 0.4) is 0 Å². The van der Waals surface area contributed by atoms with Gasteiger partial charge in [-0.2, -0.15) is 0 Å². The van der Waals surface area contributed by atoms with Crippen molar-refractivity contribution < 1.29 is 0 Å². The first kappa shape index (κ1) is 7.74. The number of nitrogens with two attached hydrogens (primary N) is 1. The van der Waals surface area contributed by atoms with Crippen molar-refractivity contribution in [3.63, 3.8) is 0 Å². The summed E-state index contributed by atoms with van der Waals surface area (Å²) in [6.07, 6.45) is 4.81. The minimum Gasteiger partial charge on any atom is -0.321 e. The average Bonchev–Trinajstić information content (AvgIpc) is 2.61. The van der Waals surface area contributed by atoms with Gasteiger partial charge in [0.2, 0.25) is 0 Å². The van der Waals surface area contributed by atoms with E-state index >= 15 is 0 Å². The Labute approximate surface area is 72.8 Å². The molecule has 1 aromatic heterocycles. The second-order valence-corrected chi connectivity index (χ2v) is 3.84. The summed E-state index contributed by atoms with van der Waals surface area (Å²) >= 11 is 0. The molecule has 0 spiro atoms. The molecule has 64 valence electrons. The molecule has 2 rings (SSSR count). The third-order valence-corrected chi connectivity index (χ3v) is 2.90. The zero-order valence-corrected chi connectivity index (χ0v) is 7.54. The second kappa shape index (κ2) is 2.30. The van der Waals surface area contributed by atoms with E-state index < -0.39 is 0 Å². The maximum absolute atomic E-state index is 6.17. The molecule has 0 aliphatic heterocycles. The highest BCUT2D eigenvalue weighted by atomic mass is 14.9. The third-order valence-electron chi connectivity index (χ3n) is 2.90. The van der Waals surface area contributed by atoms with Crippen LogP contribution in [0, 0.1) is 12.8 Å². The van der Waals surface area contributed by atoms with E-state index in [1.807, 2.05) is 18.5 Å². The molecule has 0 radical (unpaired) electrons. The maximum Gasteiger partial charge on any atom is 0.0457 e. The van der Waals surface area contributed by atoms with Crippen molar-refractivity contribution in [2.75, 3.05) is 0 Å². The topological polar surface area (TPSA) is 38.9 Å². The van der Waals surface area contributed by atoms with Crippen molar-refractivity contribution in [2.24, 2.45) is 11.7 Å². The lowest BCUT2D eigenvalue weighted by Gasteiger charge is -2.12. The van der Waals surface area contributed by atoms with Crippen LogP contribution in [-0.4, -0.2) is 4.98 Å². The van der Waals surface area contributed by atoms with Crippen LogP contribution in [0.1, 0.15) is 24.5 Å². The fraction of sp³-hybridized carbons (Fsp3) is 0.500. The Hall–Kier alpha value is -0.890. The van der Waals surface area contributed by atoms with Crippen LogP contribution in [0.2, 0.25) is 0 Å². The zero-order chi connectivity index (χ0) is 8.77. The summed E-state index contributed by atoms with van der Waals surface area (Å²) in [5.74, 6) is 0.611. The Morgan fingerprint density at radius 3 is 2.83 bits per heavy atom. The van der Waals surface area contributed by atoms with E-state index in [-0.39, 0.29) is 5.54 Å². The molecule has 12 heavy (non-hydrogen) atoms. The first-order valence-corrected chi connectivity index (χ1v) is 4.34. The SMILES string of the molecule is Cc1ccncc1C1(N)CC1C. The van der Waals surface area contributed by atoms with E-state index in [0.717, 1.165) is 6.42 Å². The van der Waals surface area contributed by atoms with Crippen molar-refractivity contribution >= 4 is 0 Å². The monoisotopic (exact) mass is 162 g/mol. The van der Waals surface area contributed by atoms with Gasteiger partial charge in [0, 0.05) is 17.9 Å². The standard InChI is InChI=1S/C10H14N2/c1-7-3-4-12-6-9(7)10(11)5-8(10)2/h3-4,6,8H,5,11H2,1-2H3. The summed E-state index contributed by atoms with van der Waals surface area (Å²) in [7, 11) is 0. The van der Waals surface area contributed by atoms with Crippen molar-refractivity contribution in [1.82, 2.24) is 4.98 Å². The van der Waals surface area contributed by atoms with Crippen LogP contribution in [0.25, 0.3) is 0 Å². The number of pyridine rings is 1. The lowest BCUT2D eigenvalue weighted by atomic mass is 10.0. The van der Waals surface area contributed by atoms with Gasteiger partial charge in [0.15, 0.2) is 0 Å². The highest BCUT2D eigenvalue weighted by Crippen LogP contribution is 2.49. The summed E-state index contributed by atoms with van der Waals surface area (Å²) < 4.78 is 0. The van der Waals surface area contributed by atoms with Crippen molar-refractivity contribution in [3.8, 4) is 0 Å². The van der Waals surface area contributed by atoms with Gasteiger partial charge in [-0.1, -0.05) is 6.92 Å². The van der Waals surface area contributed by atoms with E-state index in [2.05, 4.69) is 18.8 Å². The molecule has 1 saturated carbocycles. The van der Waals surface area contributed by atoms with Gasteiger partial charge in [-0.15, -0.1) is 0 Å². The van der Waals surface area contributed by atoms with E-state index in [4.69, 9.17) is 5.73 Å². The normalized spacial score (nSPS) is 33.4. The molecular formula is C10H14N2. The van der Waals surface area contributed by atoms with E-state index in [9.17, 15) is 0 Å². The molecule has 0 saturated heterocycles. The Morgan fingerprint density at radius 2 is 2.33 bits per heavy atom. The lowest BCUT2D eigenvalue weighted by Crippen LogP contribution is -2.22. The number of hydrogen-bond donors (Lipinski definition) is 1. The van der Waals surface area contributed by atoms with Gasteiger partial charge in [0.1, 0.15) is 0 Å². The van der Waals surface area contributed by atoms with Gasteiger partial charge in [0.05, 0.1) is 0 Å². The van der Waals surface area contributed by atoms with E-state index in [0.29, 0.717) is 5.92 Å². The predicted molar refractivity (Wildman–Crippen MR) is 48.6 cm³/mol. The van der Waals surface area contributed by atoms with Gasteiger partial charge in [-0.25, -0.2) is 0 Å². The zero-order valence-electron chi connectivity index (χ0n) is 7.54. The summed E-state index contributed by atoms with van der Waals surface area (Å²) in [5, 5.41) is 0. The third kappa shape index (κ3) is 0.950. The molecule has 1 aromatic rings. The van der Waals surface area contributed by atoms with Gasteiger partial charge in [-0.3, -0.25) is 4.98 Å². The van der Waals surface area contributed by atoms with Crippen LogP contribution >= 0.6 is 0 Å². The smallest absolute Gasteiger partial charge is 0.0457 e. The van der Waals surface area contributed by atoms with E-state index in [1.54, 1.807) is 0 Å². The molecule has 1 aliphatic carbocycles. The van der Waals surface area contributed by atoms with Crippen LogP contribution in [0.4, 0.5) is 0 Å². The molecule has 0 aromatic carbocycles. The molecule has 0 bridgehead atoms. The molecule has 0 amide bonds. The summed E-state index contributed by atoms with van der Waals surface area (Å²) in [6, 6.07) is 2.02. The molecule has 2 heteroatoms. The molecular weight excluding hydrogens is 148 g/mol. The summed E-state index contributed by atoms with van der Waals surface area (Å²) in [6.45, 7) is 4.28. The molecule has 2 atom stereocenters. The number of aryl methyl sites for hydroxylation is 1. The largest absolute Gasteiger partial charge is 0.321 e. The maximum atomic E-state index is 6.17. The lowest BCUT2D eigenvalue weighted by molar-refractivity contribution is 0.656. The molecule has 2 unspecified atom stereocenters. The van der Waals surface area contributed by atoms with Gasteiger partial charge >= 0.3 is 0 Å². The minimum atomic E-state index is -0.0711. The number of rotatable bonds is 1. The molecule has 1 heterocycles. The van der Waals surface area contributed by atoms with Crippen molar-refractivity contribution in [1.29, 1.82) is 0 Å². The van der Waals surface area contributed by atoms with Crippen molar-refractivity contribution in [2.45, 2.75) is 25.8 Å². The van der Waals surface area contributed by atoms with Crippen LogP contribution < -0.4 is 5.73 Å². The van der Waals surface area contributed by atoms with Gasteiger partial charge in [0.25, 0.3) is 0 Å². The summed E-state index contributed by atoms with van der Waals surface area (Å²) in [4.78, 5) is 4.11. The van der Waals surface area contributed by atoms with Crippen LogP contribution in [-0.2, 0) is 5.54 Å². The van der Waals surface area contributed by atoms with Gasteiger partial charge < -0.3 is 5.73 Å². The quantitative estimate of drug-likeness (QED) is 0.681. The Bertz CT molecular complexity index is 308. The highest BCUT2D eigenvalue weighted by molar-refractivity contribution is 5.35. The molecule has 1 fully saturated rings. The van der Waals surface area contributed by atoms with Crippen LogP contribution in [0.5, 0.6) is 0 Å². The number of aromatic nitrogens is 1. The Morgan fingerprint density at radius 1 is 1.67 bits per heavy atom. The van der Waals surface area contributed by atoms with Crippen LogP contribution in [0.15, 0.2) is 18.5 Å². The van der Waals surface area contributed by atoms with Gasteiger partial charge in [-0.05, 0) is 36.5 Å². The fourth-order valence-corrected chi connectivity index (χ4v) is 1.77. The van der Waals surface area contributed by atoms with Crippen molar-refractivity contribution in [3.05, 3.63) is 29.6 Å². The molecule has 2 nitrogen and oxygen atoms in total. The Kier molecular flexibility index (Phi) is 1.48. The predicted octanol–water partition coefficient (Wildman–Crippen LogP) is 1.58. The van der Waals surface area contributed by atoms with E-state index in [1.165, 1.54) is 11.1 Å². The average molecular weight is 162 g/mol. The number of nitrogens with zero attached hydrogens (tertiary/aromatic N) is 1. The first-order valence-electron chi connectivity index (χ1n) is 4.34. The first-order chi connectivity index (χ1) is 5.64. The summed E-state index contributed by atoms with van der Waals surface area (Å²) in [5.41, 5.74) is 8.58. The Balaban J connectivity index is 2.41. The highest BCUT2D eigenvalue weighted by Gasteiger charge is 2.49. The molecule has 1 aliphatic rings.